The maximum Gasteiger partial charge on any atom is 0.419 e. The zero-order chi connectivity index (χ0) is 18.3. The number of aromatic nitrogens is 1. The van der Waals surface area contributed by atoms with Gasteiger partial charge in [-0.2, -0.15) is 0 Å². The highest BCUT2D eigenvalue weighted by Gasteiger charge is 2.27. The third-order valence-corrected chi connectivity index (χ3v) is 4.64. The highest BCUT2D eigenvalue weighted by Crippen LogP contribution is 2.36. The summed E-state index contributed by atoms with van der Waals surface area (Å²) in [6, 6.07) is 12.4. The number of hydrogen-bond acceptors (Lipinski definition) is 4. The molecule has 0 bridgehead atoms. The van der Waals surface area contributed by atoms with Gasteiger partial charge in [-0.05, 0) is 37.3 Å². The molecule has 0 aliphatic carbocycles. The maximum absolute atomic E-state index is 12.8. The number of anilines is 1. The molecule has 0 N–H and O–H groups in total. The van der Waals surface area contributed by atoms with Crippen LogP contribution in [0.3, 0.4) is 0 Å². The van der Waals surface area contributed by atoms with Crippen LogP contribution in [0.5, 0.6) is 5.75 Å². The first-order valence-corrected chi connectivity index (χ1v) is 8.75. The summed E-state index contributed by atoms with van der Waals surface area (Å²) in [7, 11) is 0. The normalized spacial score (nSPS) is 16.4. The molecule has 0 spiro atoms. The first kappa shape index (κ1) is 16.7. The first-order valence-electron chi connectivity index (χ1n) is 8.38. The number of fused-ring (bicyclic) bond motifs is 2. The predicted molar refractivity (Wildman–Crippen MR) is 99.0 cm³/mol. The van der Waals surface area contributed by atoms with Crippen molar-refractivity contribution in [3.05, 3.63) is 58.0 Å². The summed E-state index contributed by atoms with van der Waals surface area (Å²) in [5, 5.41) is 0.539. The number of halogens is 1. The number of ether oxygens (including phenoxy) is 1. The van der Waals surface area contributed by atoms with E-state index < -0.39 is 5.76 Å². The van der Waals surface area contributed by atoms with Crippen molar-refractivity contribution in [3.63, 3.8) is 0 Å². The molecular weight excluding hydrogens is 356 g/mol. The second-order valence-corrected chi connectivity index (χ2v) is 6.72. The third-order valence-electron chi connectivity index (χ3n) is 4.40. The largest absolute Gasteiger partial charge is 0.487 e. The fraction of sp³-hybridized carbons (Fsp3) is 0.263. The Balaban J connectivity index is 1.58. The van der Waals surface area contributed by atoms with Crippen LogP contribution in [0.1, 0.15) is 13.3 Å². The average Bonchev–Trinajstić information content (AvgIpc) is 2.94. The predicted octanol–water partition coefficient (Wildman–Crippen LogP) is 3.45. The lowest BCUT2D eigenvalue weighted by molar-refractivity contribution is -0.119. The molecule has 7 heteroatoms. The van der Waals surface area contributed by atoms with E-state index in [1.54, 1.807) is 41.3 Å². The van der Waals surface area contributed by atoms with Crippen LogP contribution >= 0.6 is 11.6 Å². The first-order chi connectivity index (χ1) is 12.5. The van der Waals surface area contributed by atoms with Crippen molar-refractivity contribution in [1.82, 2.24) is 4.57 Å². The molecule has 1 aliphatic heterocycles. The molecular formula is C19H17ClN2O4. The average molecular weight is 373 g/mol. The van der Waals surface area contributed by atoms with E-state index in [4.69, 9.17) is 20.8 Å². The molecule has 2 aromatic carbocycles. The highest BCUT2D eigenvalue weighted by molar-refractivity contribution is 6.31. The molecule has 1 unspecified atom stereocenters. The van der Waals surface area contributed by atoms with Crippen LogP contribution in [0.4, 0.5) is 5.69 Å². The minimum absolute atomic E-state index is 0.0964. The van der Waals surface area contributed by atoms with Crippen LogP contribution in [0.15, 0.2) is 51.7 Å². The molecule has 4 rings (SSSR count). The van der Waals surface area contributed by atoms with Gasteiger partial charge in [0.25, 0.3) is 0 Å². The highest BCUT2D eigenvalue weighted by atomic mass is 35.5. The minimum atomic E-state index is -0.460. The van der Waals surface area contributed by atoms with Crippen LogP contribution in [0.2, 0.25) is 5.02 Å². The molecule has 0 radical (unpaired) electrons. The number of aryl methyl sites for hydroxylation is 1. The molecule has 2 heterocycles. The SMILES string of the molecule is CC1CN(C(=O)CCn2c(=O)oc3ccccc32)c2cc(Cl)ccc2O1. The van der Waals surface area contributed by atoms with E-state index in [2.05, 4.69) is 0 Å². The number of nitrogens with zero attached hydrogens (tertiary/aromatic N) is 2. The Morgan fingerprint density at radius 2 is 2.08 bits per heavy atom. The van der Waals surface area contributed by atoms with Crippen molar-refractivity contribution in [2.45, 2.75) is 26.0 Å². The zero-order valence-corrected chi connectivity index (χ0v) is 14.9. The van der Waals surface area contributed by atoms with Gasteiger partial charge in [0.1, 0.15) is 11.9 Å². The lowest BCUT2D eigenvalue weighted by atomic mass is 10.2. The molecule has 0 saturated heterocycles. The fourth-order valence-corrected chi connectivity index (χ4v) is 3.38. The minimum Gasteiger partial charge on any atom is -0.487 e. The van der Waals surface area contributed by atoms with E-state index >= 15 is 0 Å². The number of para-hydroxylation sites is 2. The molecule has 134 valence electrons. The van der Waals surface area contributed by atoms with Gasteiger partial charge in [0.15, 0.2) is 5.58 Å². The lowest BCUT2D eigenvalue weighted by Gasteiger charge is -2.33. The van der Waals surface area contributed by atoms with Crippen molar-refractivity contribution < 1.29 is 13.9 Å². The van der Waals surface area contributed by atoms with Crippen LogP contribution < -0.4 is 15.4 Å². The Kier molecular flexibility index (Phi) is 4.20. The fourth-order valence-electron chi connectivity index (χ4n) is 3.21. The van der Waals surface area contributed by atoms with Gasteiger partial charge in [-0.3, -0.25) is 9.36 Å². The lowest BCUT2D eigenvalue weighted by Crippen LogP contribution is -2.42. The summed E-state index contributed by atoms with van der Waals surface area (Å²) in [5.74, 6) is 0.0751. The maximum atomic E-state index is 12.8. The third kappa shape index (κ3) is 2.97. The molecule has 1 atom stereocenters. The summed E-state index contributed by atoms with van der Waals surface area (Å²) in [5.41, 5.74) is 1.86. The van der Waals surface area contributed by atoms with E-state index in [0.717, 1.165) is 0 Å². The number of carbonyl (C=O) groups is 1. The number of benzene rings is 2. The van der Waals surface area contributed by atoms with Crippen LogP contribution in [-0.2, 0) is 11.3 Å². The summed E-state index contributed by atoms with van der Waals surface area (Å²) >= 11 is 6.08. The summed E-state index contributed by atoms with van der Waals surface area (Å²) in [6.07, 6.45) is 0.0485. The van der Waals surface area contributed by atoms with Gasteiger partial charge in [-0.1, -0.05) is 23.7 Å². The smallest absolute Gasteiger partial charge is 0.419 e. The Morgan fingerprint density at radius 1 is 1.27 bits per heavy atom. The van der Waals surface area contributed by atoms with Crippen molar-refractivity contribution >= 4 is 34.3 Å². The van der Waals surface area contributed by atoms with E-state index in [-0.39, 0.29) is 25.0 Å². The summed E-state index contributed by atoms with van der Waals surface area (Å²) in [6.45, 7) is 2.59. The molecule has 6 nitrogen and oxygen atoms in total. The van der Waals surface area contributed by atoms with Gasteiger partial charge in [-0.25, -0.2) is 4.79 Å². The molecule has 0 fully saturated rings. The van der Waals surface area contributed by atoms with Crippen LogP contribution in [0, 0.1) is 0 Å². The second kappa shape index (κ2) is 6.53. The quantitative estimate of drug-likeness (QED) is 0.706. The number of oxazole rings is 1. The van der Waals surface area contributed by atoms with Crippen LogP contribution in [-0.4, -0.2) is 23.1 Å². The van der Waals surface area contributed by atoms with Gasteiger partial charge >= 0.3 is 5.76 Å². The summed E-state index contributed by atoms with van der Waals surface area (Å²) < 4.78 is 12.5. The topological polar surface area (TPSA) is 64.7 Å². The molecule has 0 saturated carbocycles. The van der Waals surface area contributed by atoms with Crippen molar-refractivity contribution in [1.29, 1.82) is 0 Å². The van der Waals surface area contributed by atoms with E-state index in [0.29, 0.717) is 34.1 Å². The monoisotopic (exact) mass is 372 g/mol. The molecule has 26 heavy (non-hydrogen) atoms. The standard InChI is InChI=1S/C19H17ClN2O4/c1-12-11-22(15-10-13(20)6-7-17(15)25-12)18(23)8-9-21-14-4-2-3-5-16(14)26-19(21)24/h2-7,10,12H,8-9,11H2,1H3. The van der Waals surface area contributed by atoms with Crippen molar-refractivity contribution in [3.8, 4) is 5.75 Å². The van der Waals surface area contributed by atoms with Crippen LogP contribution in [0.25, 0.3) is 11.1 Å². The van der Waals surface area contributed by atoms with Gasteiger partial charge in [0.2, 0.25) is 5.91 Å². The van der Waals surface area contributed by atoms with Gasteiger partial charge in [-0.15, -0.1) is 0 Å². The Morgan fingerprint density at radius 3 is 2.92 bits per heavy atom. The number of amides is 1. The molecule has 1 aliphatic rings. The Bertz CT molecular complexity index is 1040. The number of hydrogen-bond donors (Lipinski definition) is 0. The van der Waals surface area contributed by atoms with Gasteiger partial charge < -0.3 is 14.1 Å². The Hall–Kier alpha value is -2.73. The van der Waals surface area contributed by atoms with E-state index in [1.165, 1.54) is 4.57 Å². The second-order valence-electron chi connectivity index (χ2n) is 6.28. The molecule has 1 amide bonds. The van der Waals surface area contributed by atoms with Crippen molar-refractivity contribution in [2.24, 2.45) is 0 Å². The number of rotatable bonds is 3. The Labute approximate surface area is 154 Å². The zero-order valence-electron chi connectivity index (χ0n) is 14.1. The van der Waals surface area contributed by atoms with Gasteiger partial charge in [0.05, 0.1) is 17.7 Å². The molecule has 1 aromatic heterocycles. The van der Waals surface area contributed by atoms with E-state index in [9.17, 15) is 9.59 Å². The van der Waals surface area contributed by atoms with Crippen molar-refractivity contribution in [2.75, 3.05) is 11.4 Å². The van der Waals surface area contributed by atoms with Gasteiger partial charge in [0, 0.05) is 18.0 Å². The summed E-state index contributed by atoms with van der Waals surface area (Å²) in [4.78, 5) is 26.6. The van der Waals surface area contributed by atoms with E-state index in [1.807, 2.05) is 13.0 Å². The number of carbonyl (C=O) groups excluding carboxylic acids is 1. The molecule has 3 aromatic rings.